The van der Waals surface area contributed by atoms with Gasteiger partial charge in [0.1, 0.15) is 9.85 Å². The maximum Gasteiger partial charge on any atom is 0.494 e. The third kappa shape index (κ3) is 2.29. The van der Waals surface area contributed by atoms with Crippen LogP contribution in [0.5, 0.6) is 0 Å². The van der Waals surface area contributed by atoms with Crippen LogP contribution in [-0.2, 0) is 0 Å². The van der Waals surface area contributed by atoms with Crippen molar-refractivity contribution in [3.8, 4) is 0 Å². The fourth-order valence-corrected chi connectivity index (χ4v) is 1.10. The van der Waals surface area contributed by atoms with Crippen molar-refractivity contribution in [3.63, 3.8) is 0 Å². The molecule has 1 N–H and O–H groups in total. The molecule has 13 nitrogen and oxygen atoms in total. The number of hydrogen-bond donors (Lipinski definition) is 1. The highest BCUT2D eigenvalue weighted by Crippen LogP contribution is 2.27. The number of rotatable bonds is 7. The van der Waals surface area contributed by atoms with Crippen LogP contribution in [0.1, 0.15) is 13.3 Å². The number of nitro groups is 4. The zero-order valence-corrected chi connectivity index (χ0v) is 8.92. The van der Waals surface area contributed by atoms with E-state index >= 15 is 0 Å². The van der Waals surface area contributed by atoms with Crippen molar-refractivity contribution >= 4 is 0 Å². The summed E-state index contributed by atoms with van der Waals surface area (Å²) in [6.07, 6.45) is -1.68. The largest absolute Gasteiger partial charge is 0.494 e. The molecule has 0 saturated carbocycles. The Morgan fingerprint density at radius 3 is 1.39 bits per heavy atom. The molecule has 0 rings (SSSR count). The molecular weight excluding hydrogens is 260 g/mol. The van der Waals surface area contributed by atoms with Crippen molar-refractivity contribution in [2.45, 2.75) is 24.7 Å². The van der Waals surface area contributed by atoms with Gasteiger partial charge in [0.05, 0.1) is 16.8 Å². The zero-order chi connectivity index (χ0) is 14.7. The Hall–Kier alpha value is -2.44. The van der Waals surface area contributed by atoms with E-state index in [1.807, 2.05) is 0 Å². The molecule has 0 saturated heterocycles. The van der Waals surface area contributed by atoms with Crippen molar-refractivity contribution < 1.29 is 24.8 Å². The molecule has 0 spiro atoms. The van der Waals surface area contributed by atoms with Crippen LogP contribution in [0, 0.1) is 40.5 Å². The Kier molecular flexibility index (Phi) is 4.17. The molecule has 0 atom stereocenters. The van der Waals surface area contributed by atoms with E-state index in [1.165, 1.54) is 0 Å². The maximum absolute atomic E-state index is 10.6. The van der Waals surface area contributed by atoms with Gasteiger partial charge in [-0.2, -0.15) is 0 Å². The summed E-state index contributed by atoms with van der Waals surface area (Å²) in [4.78, 5) is 36.1. The molecule has 13 heteroatoms. The van der Waals surface area contributed by atoms with E-state index in [2.05, 4.69) is 0 Å². The van der Waals surface area contributed by atoms with Crippen molar-refractivity contribution in [2.24, 2.45) is 0 Å². The molecule has 0 heterocycles. The Morgan fingerprint density at radius 2 is 1.22 bits per heavy atom. The average molecular weight is 268 g/mol. The fourth-order valence-electron chi connectivity index (χ4n) is 1.10. The molecule has 0 bridgehead atoms. The Balaban J connectivity index is 5.72. The molecular formula is C5H8N4O9. The molecule has 0 aromatic heterocycles. The van der Waals surface area contributed by atoms with Gasteiger partial charge in [-0.1, -0.05) is 0 Å². The fraction of sp³-hybridized carbons (Fsp3) is 1.00. The summed E-state index contributed by atoms with van der Waals surface area (Å²) >= 11 is 0. The molecule has 0 fully saturated rings. The van der Waals surface area contributed by atoms with Crippen molar-refractivity contribution in [2.75, 3.05) is 6.61 Å². The predicted molar refractivity (Wildman–Crippen MR) is 50.8 cm³/mol. The third-order valence-electron chi connectivity index (χ3n) is 2.34. The Morgan fingerprint density at radius 1 is 0.889 bits per heavy atom. The monoisotopic (exact) mass is 268 g/mol. The van der Waals surface area contributed by atoms with Gasteiger partial charge in [-0.3, -0.25) is 40.5 Å². The number of nitrogens with zero attached hydrogens (tertiary/aromatic N) is 4. The van der Waals surface area contributed by atoms with Crippen LogP contribution in [0.15, 0.2) is 0 Å². The SMILES string of the molecule is CC(CC(CO)([N+](=O)[O-])[N+](=O)[O-])([N+](=O)[O-])[N+](=O)[O-]. The Bertz CT molecular complexity index is 378. The van der Waals surface area contributed by atoms with Crippen LogP contribution in [0.3, 0.4) is 0 Å². The van der Waals surface area contributed by atoms with E-state index in [4.69, 9.17) is 5.11 Å². The molecule has 0 aromatic rings. The highest BCUT2D eigenvalue weighted by Gasteiger charge is 2.69. The highest BCUT2D eigenvalue weighted by molar-refractivity contribution is 4.74. The van der Waals surface area contributed by atoms with E-state index in [0.29, 0.717) is 6.92 Å². The van der Waals surface area contributed by atoms with Crippen LogP contribution in [-0.4, -0.2) is 42.7 Å². The first-order valence-corrected chi connectivity index (χ1v) is 4.23. The first-order valence-electron chi connectivity index (χ1n) is 4.23. The normalized spacial score (nSPS) is 11.9. The minimum absolute atomic E-state index is 0.393. The van der Waals surface area contributed by atoms with Crippen LogP contribution >= 0.6 is 0 Å². The molecule has 0 aliphatic carbocycles. The van der Waals surface area contributed by atoms with E-state index < -0.39 is 44.0 Å². The summed E-state index contributed by atoms with van der Waals surface area (Å²) in [6, 6.07) is 0. The average Bonchev–Trinajstić information content (AvgIpc) is 2.23. The lowest BCUT2D eigenvalue weighted by Crippen LogP contribution is -2.58. The second kappa shape index (κ2) is 4.82. The number of aliphatic hydroxyl groups excluding tert-OH is 1. The molecule has 0 aliphatic heterocycles. The van der Waals surface area contributed by atoms with Crippen molar-refractivity contribution in [1.29, 1.82) is 0 Å². The Labute approximate surface area is 97.6 Å². The molecule has 18 heavy (non-hydrogen) atoms. The summed E-state index contributed by atoms with van der Waals surface area (Å²) in [5, 5.41) is 50.9. The lowest BCUT2D eigenvalue weighted by molar-refractivity contribution is -0.845. The van der Waals surface area contributed by atoms with Gasteiger partial charge in [0.25, 0.3) is 0 Å². The summed E-state index contributed by atoms with van der Waals surface area (Å²) in [5.74, 6) is 0. The maximum atomic E-state index is 10.6. The van der Waals surface area contributed by atoms with Gasteiger partial charge < -0.3 is 5.11 Å². The second-order valence-electron chi connectivity index (χ2n) is 3.56. The van der Waals surface area contributed by atoms with Gasteiger partial charge in [0, 0.05) is 0 Å². The second-order valence-corrected chi connectivity index (χ2v) is 3.56. The van der Waals surface area contributed by atoms with Gasteiger partial charge in [-0.15, -0.1) is 0 Å². The smallest absolute Gasteiger partial charge is 0.382 e. The third-order valence-corrected chi connectivity index (χ3v) is 2.34. The van der Waals surface area contributed by atoms with E-state index in [9.17, 15) is 40.5 Å². The summed E-state index contributed by atoms with van der Waals surface area (Å²) in [7, 11) is 0. The molecule has 0 unspecified atom stereocenters. The quantitative estimate of drug-likeness (QED) is 0.338. The highest BCUT2D eigenvalue weighted by atomic mass is 16.7. The summed E-state index contributed by atoms with van der Waals surface area (Å²) in [5.41, 5.74) is -6.54. The summed E-state index contributed by atoms with van der Waals surface area (Å²) in [6.45, 7) is -1.31. The van der Waals surface area contributed by atoms with Crippen LogP contribution in [0.2, 0.25) is 0 Å². The van der Waals surface area contributed by atoms with E-state index in [1.54, 1.807) is 0 Å². The predicted octanol–water partition coefficient (Wildman–Crippen LogP) is -1.11. The number of hydrogen-bond acceptors (Lipinski definition) is 9. The molecule has 102 valence electrons. The lowest BCUT2D eigenvalue weighted by Gasteiger charge is -2.18. The number of aliphatic hydroxyl groups is 1. The molecule has 0 amide bonds. The molecule has 0 radical (unpaired) electrons. The lowest BCUT2D eigenvalue weighted by atomic mass is 9.98. The summed E-state index contributed by atoms with van der Waals surface area (Å²) < 4.78 is 0. The zero-order valence-electron chi connectivity index (χ0n) is 8.92. The minimum atomic E-state index is -3.39. The van der Waals surface area contributed by atoms with E-state index in [0.717, 1.165) is 0 Å². The van der Waals surface area contributed by atoms with Gasteiger partial charge in [0.2, 0.25) is 6.42 Å². The van der Waals surface area contributed by atoms with Crippen molar-refractivity contribution in [1.82, 2.24) is 0 Å². The van der Waals surface area contributed by atoms with Gasteiger partial charge in [0.15, 0.2) is 6.61 Å². The molecule has 0 aromatic carbocycles. The van der Waals surface area contributed by atoms with Gasteiger partial charge in [-0.25, -0.2) is 0 Å². The standard InChI is InChI=1S/C5H8N4O9/c1-4(6(11)12,7(13)14)2-5(3-10,8(15)16)9(17)18/h10H,2-3H2,1H3. The van der Waals surface area contributed by atoms with Gasteiger partial charge in [-0.05, 0) is 0 Å². The van der Waals surface area contributed by atoms with Crippen LogP contribution < -0.4 is 0 Å². The van der Waals surface area contributed by atoms with E-state index in [-0.39, 0.29) is 0 Å². The first kappa shape index (κ1) is 15.6. The topological polar surface area (TPSA) is 193 Å². The van der Waals surface area contributed by atoms with Crippen LogP contribution in [0.4, 0.5) is 0 Å². The molecule has 0 aliphatic rings. The van der Waals surface area contributed by atoms with Crippen LogP contribution in [0.25, 0.3) is 0 Å². The van der Waals surface area contributed by atoms with Crippen molar-refractivity contribution in [3.05, 3.63) is 40.5 Å². The first-order chi connectivity index (χ1) is 8.04. The minimum Gasteiger partial charge on any atom is -0.382 e. The van der Waals surface area contributed by atoms with Gasteiger partial charge >= 0.3 is 11.3 Å².